The highest BCUT2D eigenvalue weighted by molar-refractivity contribution is 8.18. The molecule has 0 spiro atoms. The zero-order valence-corrected chi connectivity index (χ0v) is 17.0. The minimum atomic E-state index is -0.393. The number of rotatable bonds is 8. The lowest BCUT2D eigenvalue weighted by atomic mass is 10.2. The van der Waals surface area contributed by atoms with Gasteiger partial charge in [-0.25, -0.2) is 0 Å². The molecule has 1 heterocycles. The molecule has 1 aliphatic rings. The molecule has 0 atom stereocenters. The van der Waals surface area contributed by atoms with Crippen molar-refractivity contribution in [2.75, 3.05) is 6.61 Å². The summed E-state index contributed by atoms with van der Waals surface area (Å²) in [6, 6.07) is 14.5. The van der Waals surface area contributed by atoms with Crippen LogP contribution < -0.4 is 15.4 Å². The number of halogens is 1. The Labute approximate surface area is 177 Å². The summed E-state index contributed by atoms with van der Waals surface area (Å²) in [5.41, 5.74) is 1.75. The Kier molecular flexibility index (Phi) is 7.32. The SMILES string of the molecule is O=C(CCCOc1cccc(/C=C2\SC(=O)NC2=O)c1)NCc1ccc(Cl)cc1. The monoisotopic (exact) mass is 430 g/mol. The molecule has 0 unspecified atom stereocenters. The normalized spacial score (nSPS) is 14.7. The molecule has 0 saturated carbocycles. The fourth-order valence-electron chi connectivity index (χ4n) is 2.58. The second-order valence-corrected chi connectivity index (χ2v) is 7.73. The molecule has 0 radical (unpaired) electrons. The number of imide groups is 1. The van der Waals surface area contributed by atoms with Crippen LogP contribution in [0.4, 0.5) is 4.79 Å². The van der Waals surface area contributed by atoms with E-state index in [1.807, 2.05) is 18.2 Å². The zero-order valence-electron chi connectivity index (χ0n) is 15.4. The van der Waals surface area contributed by atoms with Crippen LogP contribution in [-0.2, 0) is 16.1 Å². The highest BCUT2D eigenvalue weighted by atomic mass is 35.5. The molecule has 2 aromatic rings. The molecule has 1 aliphatic heterocycles. The van der Waals surface area contributed by atoms with Gasteiger partial charge in [-0.1, -0.05) is 35.9 Å². The fraction of sp³-hybridized carbons (Fsp3) is 0.190. The van der Waals surface area contributed by atoms with Crippen molar-refractivity contribution in [1.29, 1.82) is 0 Å². The quantitative estimate of drug-likeness (QED) is 0.485. The van der Waals surface area contributed by atoms with Gasteiger partial charge in [0.1, 0.15) is 5.75 Å². The van der Waals surface area contributed by atoms with E-state index in [4.69, 9.17) is 16.3 Å². The van der Waals surface area contributed by atoms with E-state index in [-0.39, 0.29) is 11.1 Å². The molecule has 3 amide bonds. The van der Waals surface area contributed by atoms with Gasteiger partial charge >= 0.3 is 0 Å². The van der Waals surface area contributed by atoms with E-state index >= 15 is 0 Å². The molecule has 0 aliphatic carbocycles. The number of ether oxygens (including phenoxy) is 1. The van der Waals surface area contributed by atoms with Crippen LogP contribution in [0.5, 0.6) is 5.75 Å². The van der Waals surface area contributed by atoms with E-state index in [0.29, 0.717) is 41.7 Å². The van der Waals surface area contributed by atoms with Gasteiger partial charge in [-0.05, 0) is 59.7 Å². The van der Waals surface area contributed by atoms with Crippen molar-refractivity contribution in [3.8, 4) is 5.75 Å². The minimum Gasteiger partial charge on any atom is -0.494 e. The number of carbonyl (C=O) groups excluding carboxylic acids is 3. The molecule has 0 aromatic heterocycles. The van der Waals surface area contributed by atoms with Crippen molar-refractivity contribution in [1.82, 2.24) is 10.6 Å². The first-order valence-corrected chi connectivity index (χ1v) is 10.2. The molecule has 29 heavy (non-hydrogen) atoms. The minimum absolute atomic E-state index is 0.0454. The predicted octanol–water partition coefficient (Wildman–Crippen LogP) is 4.14. The predicted molar refractivity (Wildman–Crippen MR) is 114 cm³/mol. The van der Waals surface area contributed by atoms with Crippen LogP contribution in [0.1, 0.15) is 24.0 Å². The van der Waals surface area contributed by atoms with Gasteiger partial charge in [-0.3, -0.25) is 19.7 Å². The molecule has 0 bridgehead atoms. The van der Waals surface area contributed by atoms with E-state index in [1.165, 1.54) is 0 Å². The Morgan fingerprint density at radius 2 is 1.97 bits per heavy atom. The third kappa shape index (κ3) is 6.66. The molecular weight excluding hydrogens is 412 g/mol. The van der Waals surface area contributed by atoms with Crippen LogP contribution in [0.15, 0.2) is 53.4 Å². The standard InChI is InChI=1S/C21H19ClN2O4S/c22-16-8-6-14(7-9-16)13-23-19(25)5-2-10-28-17-4-1-3-15(11-17)12-18-20(26)24-21(27)29-18/h1,3-4,6-9,11-12H,2,5,10,13H2,(H,23,25)(H,24,26,27)/b18-12-. The highest BCUT2D eigenvalue weighted by Gasteiger charge is 2.24. The summed E-state index contributed by atoms with van der Waals surface area (Å²) >= 11 is 6.71. The first-order valence-electron chi connectivity index (χ1n) is 8.98. The molecule has 1 fully saturated rings. The number of hydrogen-bond acceptors (Lipinski definition) is 5. The van der Waals surface area contributed by atoms with E-state index in [9.17, 15) is 14.4 Å². The Bertz CT molecular complexity index is 944. The first-order chi connectivity index (χ1) is 14.0. The van der Waals surface area contributed by atoms with Gasteiger partial charge in [-0.2, -0.15) is 0 Å². The summed E-state index contributed by atoms with van der Waals surface area (Å²) < 4.78 is 5.69. The molecule has 2 aromatic carbocycles. The summed E-state index contributed by atoms with van der Waals surface area (Å²) in [7, 11) is 0. The van der Waals surface area contributed by atoms with Crippen molar-refractivity contribution in [3.63, 3.8) is 0 Å². The van der Waals surface area contributed by atoms with Gasteiger partial charge in [0.2, 0.25) is 5.91 Å². The molecule has 1 saturated heterocycles. The average Bonchev–Trinajstić information content (AvgIpc) is 3.02. The third-order valence-electron chi connectivity index (χ3n) is 4.02. The van der Waals surface area contributed by atoms with E-state index in [1.54, 1.807) is 36.4 Å². The Morgan fingerprint density at radius 3 is 2.69 bits per heavy atom. The van der Waals surface area contributed by atoms with Crippen molar-refractivity contribution >= 4 is 46.5 Å². The van der Waals surface area contributed by atoms with Gasteiger partial charge in [0, 0.05) is 18.0 Å². The van der Waals surface area contributed by atoms with Crippen LogP contribution in [0, 0.1) is 0 Å². The van der Waals surface area contributed by atoms with Gasteiger partial charge < -0.3 is 10.1 Å². The number of amides is 3. The van der Waals surface area contributed by atoms with Crippen molar-refractivity contribution < 1.29 is 19.1 Å². The molecule has 150 valence electrons. The van der Waals surface area contributed by atoms with Gasteiger partial charge in [-0.15, -0.1) is 0 Å². The van der Waals surface area contributed by atoms with Gasteiger partial charge in [0.25, 0.3) is 11.1 Å². The van der Waals surface area contributed by atoms with E-state index in [2.05, 4.69) is 10.6 Å². The lowest BCUT2D eigenvalue weighted by Gasteiger charge is -2.08. The van der Waals surface area contributed by atoms with E-state index < -0.39 is 5.91 Å². The molecule has 3 rings (SSSR count). The summed E-state index contributed by atoms with van der Waals surface area (Å²) in [5.74, 6) is 0.197. The Hall–Kier alpha value is -2.77. The lowest BCUT2D eigenvalue weighted by molar-refractivity contribution is -0.121. The summed E-state index contributed by atoms with van der Waals surface area (Å²) in [6.45, 7) is 0.851. The maximum Gasteiger partial charge on any atom is 0.290 e. The number of nitrogens with one attached hydrogen (secondary N) is 2. The summed E-state index contributed by atoms with van der Waals surface area (Å²) in [5, 5.41) is 5.37. The van der Waals surface area contributed by atoms with Crippen LogP contribution in [-0.4, -0.2) is 23.7 Å². The van der Waals surface area contributed by atoms with Crippen LogP contribution >= 0.6 is 23.4 Å². The molecule has 8 heteroatoms. The third-order valence-corrected chi connectivity index (χ3v) is 5.08. The van der Waals surface area contributed by atoms with Crippen LogP contribution in [0.25, 0.3) is 6.08 Å². The van der Waals surface area contributed by atoms with Crippen molar-refractivity contribution in [3.05, 3.63) is 69.6 Å². The maximum absolute atomic E-state index is 11.9. The largest absolute Gasteiger partial charge is 0.494 e. The Morgan fingerprint density at radius 1 is 1.17 bits per heavy atom. The number of carbonyl (C=O) groups is 3. The van der Waals surface area contributed by atoms with Crippen LogP contribution in [0.2, 0.25) is 5.02 Å². The smallest absolute Gasteiger partial charge is 0.290 e. The first kappa shape index (κ1) is 21.0. The molecule has 2 N–H and O–H groups in total. The van der Waals surface area contributed by atoms with Crippen molar-refractivity contribution in [2.45, 2.75) is 19.4 Å². The number of hydrogen-bond donors (Lipinski definition) is 2. The average molecular weight is 431 g/mol. The topological polar surface area (TPSA) is 84.5 Å². The van der Waals surface area contributed by atoms with Gasteiger partial charge in [0.05, 0.1) is 11.5 Å². The zero-order chi connectivity index (χ0) is 20.6. The highest BCUT2D eigenvalue weighted by Crippen LogP contribution is 2.26. The van der Waals surface area contributed by atoms with E-state index in [0.717, 1.165) is 22.9 Å². The van der Waals surface area contributed by atoms with Crippen LogP contribution in [0.3, 0.4) is 0 Å². The lowest BCUT2D eigenvalue weighted by Crippen LogP contribution is -2.22. The second-order valence-electron chi connectivity index (χ2n) is 6.28. The van der Waals surface area contributed by atoms with Crippen molar-refractivity contribution in [2.24, 2.45) is 0 Å². The van der Waals surface area contributed by atoms with Gasteiger partial charge in [0.15, 0.2) is 0 Å². The summed E-state index contributed by atoms with van der Waals surface area (Å²) in [6.07, 6.45) is 2.57. The maximum atomic E-state index is 11.9. The molecule has 6 nitrogen and oxygen atoms in total. The number of thioether (sulfide) groups is 1. The Balaban J connectivity index is 1.41. The number of benzene rings is 2. The fourth-order valence-corrected chi connectivity index (χ4v) is 3.39. The second kappa shape index (κ2) is 10.1. The molecular formula is C21H19ClN2O4S. The summed E-state index contributed by atoms with van der Waals surface area (Å²) in [4.78, 5) is 35.1.